The van der Waals surface area contributed by atoms with Crippen LogP contribution in [0.1, 0.15) is 26.4 Å². The van der Waals surface area contributed by atoms with Gasteiger partial charge in [-0.15, -0.1) is 11.3 Å². The molecular formula is C20H18ClN5OS. The summed E-state index contributed by atoms with van der Waals surface area (Å²) in [7, 11) is 0. The second-order valence-corrected chi connectivity index (χ2v) is 7.86. The van der Waals surface area contributed by atoms with Crippen molar-refractivity contribution >= 4 is 34.7 Å². The topological polar surface area (TPSA) is 64.7 Å². The van der Waals surface area contributed by atoms with E-state index in [0.29, 0.717) is 28.8 Å². The molecule has 0 saturated carbocycles. The molecule has 0 aliphatic heterocycles. The van der Waals surface area contributed by atoms with Gasteiger partial charge in [-0.05, 0) is 29.5 Å². The zero-order valence-electron chi connectivity index (χ0n) is 15.2. The number of amides is 1. The Morgan fingerprint density at radius 3 is 2.68 bits per heavy atom. The maximum Gasteiger partial charge on any atom is 0.266 e. The second-order valence-electron chi connectivity index (χ2n) is 6.51. The van der Waals surface area contributed by atoms with E-state index in [1.165, 1.54) is 16.9 Å². The average Bonchev–Trinajstić information content (AvgIpc) is 3.40. The number of anilines is 1. The molecule has 1 amide bonds. The molecular weight excluding hydrogens is 394 g/mol. The normalized spacial score (nSPS) is 10.9. The Kier molecular flexibility index (Phi) is 5.27. The third-order valence-electron chi connectivity index (χ3n) is 4.17. The lowest BCUT2D eigenvalue weighted by atomic mass is 10.1. The highest BCUT2D eigenvalue weighted by Gasteiger charge is 2.12. The van der Waals surface area contributed by atoms with E-state index in [4.69, 9.17) is 11.6 Å². The van der Waals surface area contributed by atoms with Crippen molar-refractivity contribution in [2.24, 2.45) is 0 Å². The number of carbonyl (C=O) groups excluding carboxylic acids is 1. The summed E-state index contributed by atoms with van der Waals surface area (Å²) in [5.41, 5.74) is 3.39. The van der Waals surface area contributed by atoms with E-state index in [2.05, 4.69) is 46.7 Å². The molecule has 0 aliphatic carbocycles. The van der Waals surface area contributed by atoms with Crippen LogP contribution in [-0.2, 0) is 13.1 Å². The van der Waals surface area contributed by atoms with Gasteiger partial charge < -0.3 is 5.32 Å². The first-order chi connectivity index (χ1) is 13.5. The van der Waals surface area contributed by atoms with Crippen molar-refractivity contribution in [3.8, 4) is 0 Å². The maximum atomic E-state index is 12.5. The number of halogens is 1. The third-order valence-corrected chi connectivity index (χ3v) is 5.34. The van der Waals surface area contributed by atoms with E-state index >= 15 is 0 Å². The van der Waals surface area contributed by atoms with E-state index in [1.807, 2.05) is 22.3 Å². The van der Waals surface area contributed by atoms with Crippen LogP contribution >= 0.6 is 22.9 Å². The summed E-state index contributed by atoms with van der Waals surface area (Å²) in [6.07, 6.45) is 5.20. The van der Waals surface area contributed by atoms with Gasteiger partial charge in [-0.1, -0.05) is 41.4 Å². The van der Waals surface area contributed by atoms with Gasteiger partial charge in [0.2, 0.25) is 0 Å². The van der Waals surface area contributed by atoms with Crippen molar-refractivity contribution in [3.05, 3.63) is 87.0 Å². The first-order valence-electron chi connectivity index (χ1n) is 8.71. The Hall–Kier alpha value is -2.90. The van der Waals surface area contributed by atoms with Gasteiger partial charge in [-0.25, -0.2) is 0 Å². The predicted octanol–water partition coefficient (Wildman–Crippen LogP) is 4.45. The molecule has 142 valence electrons. The molecule has 0 unspecified atom stereocenters. The molecule has 0 radical (unpaired) electrons. The minimum atomic E-state index is -0.171. The number of aryl methyl sites for hydroxylation is 1. The fourth-order valence-electron chi connectivity index (χ4n) is 2.76. The first kappa shape index (κ1) is 18.5. The second kappa shape index (κ2) is 8.00. The lowest BCUT2D eigenvalue weighted by Crippen LogP contribution is -2.11. The largest absolute Gasteiger partial charge is 0.304 e. The van der Waals surface area contributed by atoms with Crippen LogP contribution in [0.5, 0.6) is 0 Å². The minimum absolute atomic E-state index is 0.171. The summed E-state index contributed by atoms with van der Waals surface area (Å²) in [4.78, 5) is 13.1. The number of aromatic nitrogens is 4. The smallest absolute Gasteiger partial charge is 0.266 e. The Bertz CT molecular complexity index is 1100. The van der Waals surface area contributed by atoms with Gasteiger partial charge in [0, 0.05) is 18.5 Å². The molecule has 28 heavy (non-hydrogen) atoms. The van der Waals surface area contributed by atoms with E-state index in [0.717, 1.165) is 11.1 Å². The fourth-order valence-corrected chi connectivity index (χ4v) is 3.72. The number of carbonyl (C=O) groups is 1. The number of hydrogen-bond donors (Lipinski definition) is 1. The highest BCUT2D eigenvalue weighted by atomic mass is 35.5. The Balaban J connectivity index is 1.37. The summed E-state index contributed by atoms with van der Waals surface area (Å²) in [6.45, 7) is 3.29. The number of thiophene rings is 1. The molecule has 4 rings (SSSR count). The summed E-state index contributed by atoms with van der Waals surface area (Å²) in [6, 6.07) is 12.0. The SMILES string of the molecule is Cc1ccc(Cn2ccc(NC(=O)c3cc(Cn4cc(Cl)cn4)cs3)n2)cc1. The number of benzene rings is 1. The quantitative estimate of drug-likeness (QED) is 0.509. The summed E-state index contributed by atoms with van der Waals surface area (Å²) < 4.78 is 3.54. The standard InChI is InChI=1S/C20H18ClN5OS/c1-14-2-4-15(5-3-14)10-25-7-6-19(24-25)23-20(27)18-8-16(13-28-18)11-26-12-17(21)9-22-26/h2-9,12-13H,10-11H2,1H3,(H,23,24,27). The zero-order valence-corrected chi connectivity index (χ0v) is 16.7. The first-order valence-corrected chi connectivity index (χ1v) is 9.97. The number of nitrogens with zero attached hydrogens (tertiary/aromatic N) is 4. The molecule has 0 fully saturated rings. The van der Waals surface area contributed by atoms with Gasteiger partial charge in [0.25, 0.3) is 5.91 Å². The molecule has 3 aromatic heterocycles. The number of hydrogen-bond acceptors (Lipinski definition) is 4. The molecule has 0 bridgehead atoms. The molecule has 1 N–H and O–H groups in total. The lowest BCUT2D eigenvalue weighted by Gasteiger charge is -2.03. The summed E-state index contributed by atoms with van der Waals surface area (Å²) in [5, 5.41) is 14.0. The van der Waals surface area contributed by atoms with Crippen molar-refractivity contribution in [1.82, 2.24) is 19.6 Å². The zero-order chi connectivity index (χ0) is 19.5. The van der Waals surface area contributed by atoms with Crippen LogP contribution in [0.3, 0.4) is 0 Å². The van der Waals surface area contributed by atoms with Crippen LogP contribution < -0.4 is 5.32 Å². The van der Waals surface area contributed by atoms with Crippen molar-refractivity contribution in [1.29, 1.82) is 0 Å². The molecule has 1 aromatic carbocycles. The molecule has 3 heterocycles. The van der Waals surface area contributed by atoms with Crippen LogP contribution in [0.25, 0.3) is 0 Å². The molecule has 0 saturated heterocycles. The van der Waals surface area contributed by atoms with Gasteiger partial charge in [-0.2, -0.15) is 10.2 Å². The number of nitrogens with one attached hydrogen (secondary N) is 1. The van der Waals surface area contributed by atoms with Gasteiger partial charge in [0.1, 0.15) is 0 Å². The monoisotopic (exact) mass is 411 g/mol. The lowest BCUT2D eigenvalue weighted by molar-refractivity contribution is 0.103. The molecule has 8 heteroatoms. The van der Waals surface area contributed by atoms with E-state index in [9.17, 15) is 4.79 Å². The van der Waals surface area contributed by atoms with Gasteiger partial charge in [-0.3, -0.25) is 14.2 Å². The Morgan fingerprint density at radius 1 is 1.14 bits per heavy atom. The highest BCUT2D eigenvalue weighted by Crippen LogP contribution is 2.18. The van der Waals surface area contributed by atoms with Crippen molar-refractivity contribution in [3.63, 3.8) is 0 Å². The molecule has 0 spiro atoms. The third kappa shape index (κ3) is 4.49. The fraction of sp³-hybridized carbons (Fsp3) is 0.150. The van der Waals surface area contributed by atoms with Gasteiger partial charge >= 0.3 is 0 Å². The van der Waals surface area contributed by atoms with Gasteiger partial charge in [0.15, 0.2) is 5.82 Å². The number of rotatable bonds is 6. The van der Waals surface area contributed by atoms with Crippen LogP contribution in [0, 0.1) is 6.92 Å². The molecule has 4 aromatic rings. The van der Waals surface area contributed by atoms with Crippen molar-refractivity contribution < 1.29 is 4.79 Å². The van der Waals surface area contributed by atoms with E-state index in [-0.39, 0.29) is 5.91 Å². The highest BCUT2D eigenvalue weighted by molar-refractivity contribution is 7.12. The Morgan fingerprint density at radius 2 is 1.93 bits per heavy atom. The molecule has 0 aliphatic rings. The van der Waals surface area contributed by atoms with Crippen molar-refractivity contribution in [2.45, 2.75) is 20.0 Å². The Labute approximate surface area is 171 Å². The average molecular weight is 412 g/mol. The van der Waals surface area contributed by atoms with Gasteiger partial charge in [0.05, 0.1) is 29.2 Å². The molecule has 6 nitrogen and oxygen atoms in total. The van der Waals surface area contributed by atoms with Crippen LogP contribution in [0.15, 0.2) is 60.4 Å². The van der Waals surface area contributed by atoms with E-state index < -0.39 is 0 Å². The summed E-state index contributed by atoms with van der Waals surface area (Å²) in [5.74, 6) is 0.362. The van der Waals surface area contributed by atoms with Crippen molar-refractivity contribution in [2.75, 3.05) is 5.32 Å². The maximum absolute atomic E-state index is 12.5. The van der Waals surface area contributed by atoms with Crippen LogP contribution in [0.4, 0.5) is 5.82 Å². The van der Waals surface area contributed by atoms with Crippen LogP contribution in [0.2, 0.25) is 5.02 Å². The predicted molar refractivity (Wildman–Crippen MR) is 111 cm³/mol. The molecule has 0 atom stereocenters. The van der Waals surface area contributed by atoms with E-state index in [1.54, 1.807) is 23.1 Å². The van der Waals surface area contributed by atoms with Crippen LogP contribution in [-0.4, -0.2) is 25.5 Å². The minimum Gasteiger partial charge on any atom is -0.304 e. The summed E-state index contributed by atoms with van der Waals surface area (Å²) >= 11 is 7.27.